The summed E-state index contributed by atoms with van der Waals surface area (Å²) in [6.07, 6.45) is 0. The zero-order chi connectivity index (χ0) is 16.1. The van der Waals surface area contributed by atoms with E-state index in [9.17, 15) is 0 Å². The molecular weight excluding hydrogens is 312 g/mol. The molecule has 0 bridgehead atoms. The van der Waals surface area contributed by atoms with Gasteiger partial charge in [-0.3, -0.25) is 0 Å². The Balaban J connectivity index is 1.64. The van der Waals surface area contributed by atoms with Gasteiger partial charge in [-0.05, 0) is 42.0 Å². The normalized spacial score (nSPS) is 10.5. The fourth-order valence-corrected chi connectivity index (χ4v) is 2.70. The van der Waals surface area contributed by atoms with E-state index in [1.165, 1.54) is 17.3 Å². The number of ether oxygens (including phenoxy) is 2. The van der Waals surface area contributed by atoms with Crippen LogP contribution in [0.1, 0.15) is 5.56 Å². The van der Waals surface area contributed by atoms with E-state index < -0.39 is 0 Å². The van der Waals surface area contributed by atoms with Crippen LogP contribution in [0.2, 0.25) is 0 Å². The van der Waals surface area contributed by atoms with E-state index in [0.717, 1.165) is 22.8 Å². The van der Waals surface area contributed by atoms with Crippen molar-refractivity contribution in [2.24, 2.45) is 0 Å². The summed E-state index contributed by atoms with van der Waals surface area (Å²) in [5, 5.41) is 8.71. The van der Waals surface area contributed by atoms with E-state index in [-0.39, 0.29) is 0 Å². The predicted octanol–water partition coefficient (Wildman–Crippen LogP) is 4.05. The first-order valence-corrected chi connectivity index (χ1v) is 8.00. The number of methoxy groups -OCH3 is 2. The molecule has 0 radical (unpaired) electrons. The Morgan fingerprint density at radius 2 is 1.48 bits per heavy atom. The van der Waals surface area contributed by atoms with Crippen LogP contribution in [0.4, 0.5) is 0 Å². The van der Waals surface area contributed by atoms with E-state index >= 15 is 0 Å². The average Bonchev–Trinajstić information content (AvgIpc) is 3.09. The van der Waals surface area contributed by atoms with E-state index in [1.54, 1.807) is 14.2 Å². The molecule has 1 heterocycles. The van der Waals surface area contributed by atoms with Crippen molar-refractivity contribution in [2.45, 2.75) is 11.0 Å². The molecule has 0 amide bonds. The monoisotopic (exact) mass is 328 g/mol. The molecule has 0 fully saturated rings. The molecule has 0 saturated carbocycles. The highest BCUT2D eigenvalue weighted by Crippen LogP contribution is 2.27. The molecule has 0 aliphatic carbocycles. The molecule has 0 unspecified atom stereocenters. The third-order valence-electron chi connectivity index (χ3n) is 3.26. The Bertz CT molecular complexity index is 754. The minimum atomic E-state index is 0.505. The standard InChI is InChI=1S/C17H16N2O3S/c1-20-14-7-3-12(4-8-14)11-23-17-19-18-16(22-17)13-5-9-15(21-2)10-6-13/h3-10H,11H2,1-2H3. The number of benzene rings is 2. The van der Waals surface area contributed by atoms with Crippen LogP contribution in [0.3, 0.4) is 0 Å². The topological polar surface area (TPSA) is 57.4 Å². The fourth-order valence-electron chi connectivity index (χ4n) is 1.99. The van der Waals surface area contributed by atoms with E-state index in [1.807, 2.05) is 48.5 Å². The van der Waals surface area contributed by atoms with Gasteiger partial charge in [0.2, 0.25) is 5.89 Å². The molecule has 5 nitrogen and oxygen atoms in total. The zero-order valence-corrected chi connectivity index (χ0v) is 13.7. The maximum absolute atomic E-state index is 5.69. The molecule has 118 valence electrons. The molecular formula is C17H16N2O3S. The SMILES string of the molecule is COc1ccc(CSc2nnc(-c3ccc(OC)cc3)o2)cc1. The third kappa shape index (κ3) is 3.84. The molecule has 1 aromatic heterocycles. The van der Waals surface area contributed by atoms with Gasteiger partial charge in [0.1, 0.15) is 11.5 Å². The van der Waals surface area contributed by atoms with Crippen LogP contribution in [0.5, 0.6) is 11.5 Å². The lowest BCUT2D eigenvalue weighted by molar-refractivity contribution is 0.414. The number of rotatable bonds is 6. The van der Waals surface area contributed by atoms with Crippen LogP contribution in [0.25, 0.3) is 11.5 Å². The van der Waals surface area contributed by atoms with Crippen molar-refractivity contribution >= 4 is 11.8 Å². The molecule has 3 aromatic rings. The van der Waals surface area contributed by atoms with Gasteiger partial charge in [0.15, 0.2) is 0 Å². The highest BCUT2D eigenvalue weighted by molar-refractivity contribution is 7.98. The van der Waals surface area contributed by atoms with Gasteiger partial charge in [-0.2, -0.15) is 0 Å². The van der Waals surface area contributed by atoms with Crippen LogP contribution >= 0.6 is 11.8 Å². The lowest BCUT2D eigenvalue weighted by atomic mass is 10.2. The van der Waals surface area contributed by atoms with E-state index in [2.05, 4.69) is 10.2 Å². The Kier molecular flexibility index (Phi) is 4.83. The van der Waals surface area contributed by atoms with E-state index in [0.29, 0.717) is 11.1 Å². The third-order valence-corrected chi connectivity index (χ3v) is 4.15. The lowest BCUT2D eigenvalue weighted by Gasteiger charge is -2.01. The second-order valence-corrected chi connectivity index (χ2v) is 5.66. The molecule has 0 spiro atoms. The highest BCUT2D eigenvalue weighted by Gasteiger charge is 2.09. The first kappa shape index (κ1) is 15.4. The van der Waals surface area contributed by atoms with Crippen LogP contribution in [0.15, 0.2) is 58.2 Å². The van der Waals surface area contributed by atoms with Gasteiger partial charge in [-0.25, -0.2) is 0 Å². The summed E-state index contributed by atoms with van der Waals surface area (Å²) in [5.41, 5.74) is 2.04. The van der Waals surface area contributed by atoms with Gasteiger partial charge in [0, 0.05) is 11.3 Å². The summed E-state index contributed by atoms with van der Waals surface area (Å²) in [6, 6.07) is 15.4. The molecule has 2 aromatic carbocycles. The molecule has 23 heavy (non-hydrogen) atoms. The van der Waals surface area contributed by atoms with Crippen LogP contribution < -0.4 is 9.47 Å². The predicted molar refractivity (Wildman–Crippen MR) is 88.8 cm³/mol. The van der Waals surface area contributed by atoms with Gasteiger partial charge in [-0.15, -0.1) is 10.2 Å². The van der Waals surface area contributed by atoms with Gasteiger partial charge in [-0.1, -0.05) is 23.9 Å². The van der Waals surface area contributed by atoms with Crippen molar-refractivity contribution in [3.05, 3.63) is 54.1 Å². The largest absolute Gasteiger partial charge is 0.497 e. The Morgan fingerprint density at radius 3 is 2.09 bits per heavy atom. The number of aromatic nitrogens is 2. The molecule has 6 heteroatoms. The molecule has 3 rings (SSSR count). The Morgan fingerprint density at radius 1 is 0.870 bits per heavy atom. The van der Waals surface area contributed by atoms with Gasteiger partial charge in [0.05, 0.1) is 14.2 Å². The summed E-state index contributed by atoms with van der Waals surface area (Å²) in [7, 11) is 3.29. The second kappa shape index (κ2) is 7.19. The minimum Gasteiger partial charge on any atom is -0.497 e. The minimum absolute atomic E-state index is 0.505. The molecule has 0 aliphatic heterocycles. The maximum atomic E-state index is 5.69. The van der Waals surface area contributed by atoms with Gasteiger partial charge >= 0.3 is 0 Å². The fraction of sp³-hybridized carbons (Fsp3) is 0.176. The van der Waals surface area contributed by atoms with Crippen LogP contribution in [-0.2, 0) is 5.75 Å². The number of hydrogen-bond donors (Lipinski definition) is 0. The molecule has 0 aliphatic rings. The maximum Gasteiger partial charge on any atom is 0.277 e. The van der Waals surface area contributed by atoms with Crippen molar-refractivity contribution in [1.82, 2.24) is 10.2 Å². The van der Waals surface area contributed by atoms with E-state index in [4.69, 9.17) is 13.9 Å². The summed E-state index contributed by atoms with van der Waals surface area (Å²) in [5.74, 6) is 2.90. The molecule has 0 atom stereocenters. The van der Waals surface area contributed by atoms with Gasteiger partial charge in [0.25, 0.3) is 5.22 Å². The number of nitrogens with zero attached hydrogens (tertiary/aromatic N) is 2. The van der Waals surface area contributed by atoms with Gasteiger partial charge < -0.3 is 13.9 Å². The van der Waals surface area contributed by atoms with Crippen molar-refractivity contribution in [2.75, 3.05) is 14.2 Å². The van der Waals surface area contributed by atoms with Crippen molar-refractivity contribution in [1.29, 1.82) is 0 Å². The molecule has 0 N–H and O–H groups in total. The quantitative estimate of drug-likeness (QED) is 0.636. The van der Waals surface area contributed by atoms with Crippen LogP contribution in [0, 0.1) is 0 Å². The first-order valence-electron chi connectivity index (χ1n) is 7.02. The summed E-state index contributed by atoms with van der Waals surface area (Å²) in [6.45, 7) is 0. The van der Waals surface area contributed by atoms with Crippen molar-refractivity contribution in [3.63, 3.8) is 0 Å². The van der Waals surface area contributed by atoms with Crippen molar-refractivity contribution < 1.29 is 13.9 Å². The molecule has 0 saturated heterocycles. The zero-order valence-electron chi connectivity index (χ0n) is 12.9. The highest BCUT2D eigenvalue weighted by atomic mass is 32.2. The lowest BCUT2D eigenvalue weighted by Crippen LogP contribution is -1.84. The summed E-state index contributed by atoms with van der Waals surface area (Å²) in [4.78, 5) is 0. The number of hydrogen-bond acceptors (Lipinski definition) is 6. The van der Waals surface area contributed by atoms with Crippen LogP contribution in [-0.4, -0.2) is 24.4 Å². The second-order valence-electron chi connectivity index (χ2n) is 4.74. The Hall–Kier alpha value is -2.47. The summed E-state index contributed by atoms with van der Waals surface area (Å²) >= 11 is 1.50. The average molecular weight is 328 g/mol. The summed E-state index contributed by atoms with van der Waals surface area (Å²) < 4.78 is 16.0. The number of thioether (sulfide) groups is 1. The first-order chi connectivity index (χ1) is 11.3. The smallest absolute Gasteiger partial charge is 0.277 e. The van der Waals surface area contributed by atoms with Crippen molar-refractivity contribution in [3.8, 4) is 23.0 Å². The Labute approximate surface area is 138 Å².